The number of primary sulfonamides is 1. The van der Waals surface area contributed by atoms with Crippen LogP contribution >= 0.6 is 0 Å². The Labute approximate surface area is 107 Å². The molecule has 1 aromatic heterocycles. The minimum atomic E-state index is -3.76. The Morgan fingerprint density at radius 1 is 1.16 bits per heavy atom. The van der Waals surface area contributed by atoms with Crippen LogP contribution in [0.3, 0.4) is 0 Å². The molecule has 1 heterocycles. The van der Waals surface area contributed by atoms with Gasteiger partial charge in [0.1, 0.15) is 5.69 Å². The predicted molar refractivity (Wildman–Crippen MR) is 67.2 cm³/mol. The smallest absolute Gasteiger partial charge is 0.273 e. The highest BCUT2D eigenvalue weighted by atomic mass is 32.2. The van der Waals surface area contributed by atoms with Crippen molar-refractivity contribution in [3.63, 3.8) is 0 Å². The SMILES string of the molecule is NS(=O)(=O)c1ccc(NC(=O)c2cc(=O)[nH][nH]2)cc1. The van der Waals surface area contributed by atoms with Crippen molar-refractivity contribution in [3.8, 4) is 0 Å². The van der Waals surface area contributed by atoms with Gasteiger partial charge in [-0.25, -0.2) is 13.6 Å². The van der Waals surface area contributed by atoms with E-state index in [1.165, 1.54) is 24.3 Å². The van der Waals surface area contributed by atoms with E-state index >= 15 is 0 Å². The number of carbonyl (C=O) groups excluding carboxylic acids is 1. The van der Waals surface area contributed by atoms with Crippen LogP contribution in [0.5, 0.6) is 0 Å². The van der Waals surface area contributed by atoms with E-state index in [1.807, 2.05) is 0 Å². The van der Waals surface area contributed by atoms with Gasteiger partial charge in [-0.2, -0.15) is 0 Å². The van der Waals surface area contributed by atoms with Crippen LogP contribution in [-0.4, -0.2) is 24.5 Å². The largest absolute Gasteiger partial charge is 0.321 e. The van der Waals surface area contributed by atoms with Gasteiger partial charge in [0.25, 0.3) is 11.5 Å². The highest BCUT2D eigenvalue weighted by molar-refractivity contribution is 7.89. The van der Waals surface area contributed by atoms with Crippen molar-refractivity contribution in [2.45, 2.75) is 4.90 Å². The summed E-state index contributed by atoms with van der Waals surface area (Å²) in [6, 6.07) is 6.43. The zero-order valence-electron chi connectivity index (χ0n) is 9.51. The van der Waals surface area contributed by atoms with Crippen LogP contribution in [0.4, 0.5) is 5.69 Å². The predicted octanol–water partition coefficient (Wildman–Crippen LogP) is -0.397. The first kappa shape index (κ1) is 13.1. The quantitative estimate of drug-likeness (QED) is 0.608. The maximum absolute atomic E-state index is 11.7. The first-order valence-corrected chi connectivity index (χ1v) is 6.63. The van der Waals surface area contributed by atoms with Crippen LogP contribution in [0.1, 0.15) is 10.5 Å². The molecule has 0 fully saturated rings. The van der Waals surface area contributed by atoms with Gasteiger partial charge < -0.3 is 5.32 Å². The van der Waals surface area contributed by atoms with Gasteiger partial charge in [0.2, 0.25) is 10.0 Å². The first-order chi connectivity index (χ1) is 8.86. The van der Waals surface area contributed by atoms with Gasteiger partial charge in [-0.3, -0.25) is 19.8 Å². The minimum absolute atomic E-state index is 0.0550. The number of carbonyl (C=O) groups is 1. The Morgan fingerprint density at radius 2 is 1.79 bits per heavy atom. The summed E-state index contributed by atoms with van der Waals surface area (Å²) in [5.74, 6) is -0.526. The van der Waals surface area contributed by atoms with E-state index in [1.54, 1.807) is 0 Å². The fourth-order valence-corrected chi connectivity index (χ4v) is 1.90. The molecular formula is C10H10N4O4S. The second-order valence-electron chi connectivity index (χ2n) is 3.70. The van der Waals surface area contributed by atoms with Gasteiger partial charge in [-0.15, -0.1) is 0 Å². The second kappa shape index (κ2) is 4.71. The number of amides is 1. The highest BCUT2D eigenvalue weighted by Gasteiger charge is 2.10. The molecule has 0 radical (unpaired) electrons. The minimum Gasteiger partial charge on any atom is -0.321 e. The van der Waals surface area contributed by atoms with Gasteiger partial charge in [0, 0.05) is 11.8 Å². The fourth-order valence-electron chi connectivity index (χ4n) is 1.38. The lowest BCUT2D eigenvalue weighted by atomic mass is 10.3. The average molecular weight is 282 g/mol. The summed E-state index contributed by atoms with van der Waals surface area (Å²) in [5.41, 5.74) is 0.0229. The monoisotopic (exact) mass is 282 g/mol. The zero-order valence-corrected chi connectivity index (χ0v) is 10.3. The summed E-state index contributed by atoms with van der Waals surface area (Å²) in [6.45, 7) is 0. The highest BCUT2D eigenvalue weighted by Crippen LogP contribution is 2.13. The maximum Gasteiger partial charge on any atom is 0.273 e. The average Bonchev–Trinajstić information content (AvgIpc) is 2.75. The lowest BCUT2D eigenvalue weighted by Crippen LogP contribution is -2.14. The fraction of sp³-hybridized carbons (Fsp3) is 0. The van der Waals surface area contributed by atoms with Crippen LogP contribution in [0.25, 0.3) is 0 Å². The molecule has 0 spiro atoms. The molecule has 0 unspecified atom stereocenters. The molecule has 0 saturated heterocycles. The number of H-pyrrole nitrogens is 2. The molecule has 0 atom stereocenters. The molecule has 1 aromatic carbocycles. The van der Waals surface area contributed by atoms with Crippen molar-refractivity contribution in [1.29, 1.82) is 0 Å². The molecule has 8 nitrogen and oxygen atoms in total. The number of nitrogens with two attached hydrogens (primary N) is 1. The summed E-state index contributed by atoms with van der Waals surface area (Å²) in [6.07, 6.45) is 0. The van der Waals surface area contributed by atoms with E-state index in [2.05, 4.69) is 15.5 Å². The van der Waals surface area contributed by atoms with Crippen molar-refractivity contribution in [2.24, 2.45) is 5.14 Å². The Bertz CT molecular complexity index is 757. The van der Waals surface area contributed by atoms with Crippen LogP contribution in [0.15, 0.2) is 40.0 Å². The molecule has 0 aliphatic heterocycles. The van der Waals surface area contributed by atoms with E-state index in [-0.39, 0.29) is 10.6 Å². The molecule has 0 saturated carbocycles. The summed E-state index contributed by atoms with van der Waals surface area (Å²) >= 11 is 0. The van der Waals surface area contributed by atoms with Gasteiger partial charge in [0.15, 0.2) is 0 Å². The topological polar surface area (TPSA) is 138 Å². The van der Waals surface area contributed by atoms with E-state index in [0.29, 0.717) is 5.69 Å². The van der Waals surface area contributed by atoms with Crippen LogP contribution in [0.2, 0.25) is 0 Å². The molecule has 1 amide bonds. The maximum atomic E-state index is 11.7. The molecular weight excluding hydrogens is 272 g/mol. The molecule has 19 heavy (non-hydrogen) atoms. The Hall–Kier alpha value is -2.39. The number of benzene rings is 1. The molecule has 100 valence electrons. The van der Waals surface area contributed by atoms with Crippen LogP contribution in [-0.2, 0) is 10.0 Å². The van der Waals surface area contributed by atoms with Gasteiger partial charge in [-0.05, 0) is 24.3 Å². The number of anilines is 1. The number of nitrogens with one attached hydrogen (secondary N) is 3. The third-order valence-corrected chi connectivity index (χ3v) is 3.21. The van der Waals surface area contributed by atoms with Crippen molar-refractivity contribution in [1.82, 2.24) is 10.2 Å². The van der Waals surface area contributed by atoms with Crippen molar-refractivity contribution < 1.29 is 13.2 Å². The Kier molecular flexibility index (Phi) is 3.23. The van der Waals surface area contributed by atoms with Crippen LogP contribution in [0, 0.1) is 0 Å². The van der Waals surface area contributed by atoms with Gasteiger partial charge in [-0.1, -0.05) is 0 Å². The summed E-state index contributed by atoms with van der Waals surface area (Å²) in [7, 11) is -3.76. The molecule has 9 heteroatoms. The lowest BCUT2D eigenvalue weighted by molar-refractivity contribution is 0.102. The molecule has 0 aliphatic carbocycles. The molecule has 2 aromatic rings. The Morgan fingerprint density at radius 3 is 2.26 bits per heavy atom. The molecule has 0 aliphatic rings. The number of hydrogen-bond donors (Lipinski definition) is 4. The van der Waals surface area contributed by atoms with E-state index < -0.39 is 21.5 Å². The van der Waals surface area contributed by atoms with E-state index in [9.17, 15) is 18.0 Å². The summed E-state index contributed by atoms with van der Waals surface area (Å²) in [5, 5.41) is 12.1. The zero-order chi connectivity index (χ0) is 14.0. The molecule has 5 N–H and O–H groups in total. The Balaban J connectivity index is 2.16. The van der Waals surface area contributed by atoms with Crippen molar-refractivity contribution >= 4 is 21.6 Å². The normalized spacial score (nSPS) is 11.2. The van der Waals surface area contributed by atoms with Gasteiger partial charge >= 0.3 is 0 Å². The van der Waals surface area contributed by atoms with E-state index in [0.717, 1.165) is 6.07 Å². The summed E-state index contributed by atoms with van der Waals surface area (Å²) < 4.78 is 22.1. The molecule has 2 rings (SSSR count). The molecule has 0 bridgehead atoms. The van der Waals surface area contributed by atoms with E-state index in [4.69, 9.17) is 5.14 Å². The second-order valence-corrected chi connectivity index (χ2v) is 5.26. The van der Waals surface area contributed by atoms with Gasteiger partial charge in [0.05, 0.1) is 4.90 Å². The van der Waals surface area contributed by atoms with Crippen molar-refractivity contribution in [2.75, 3.05) is 5.32 Å². The standard InChI is InChI=1S/C10H10N4O4S/c11-19(17,18)7-3-1-6(2-4-7)12-10(16)8-5-9(15)14-13-8/h1-5H,(H,12,16)(H2,11,17,18)(H2,13,14,15). The number of hydrogen-bond acceptors (Lipinski definition) is 4. The van der Waals surface area contributed by atoms with Crippen LogP contribution < -0.4 is 16.0 Å². The summed E-state index contributed by atoms with van der Waals surface area (Å²) in [4.78, 5) is 22.5. The number of aromatic nitrogens is 2. The third-order valence-electron chi connectivity index (χ3n) is 2.28. The number of aromatic amines is 2. The number of sulfonamides is 1. The third kappa shape index (κ3) is 3.09. The first-order valence-electron chi connectivity index (χ1n) is 5.08. The lowest BCUT2D eigenvalue weighted by Gasteiger charge is -2.04. The number of rotatable bonds is 3. The van der Waals surface area contributed by atoms with Crippen molar-refractivity contribution in [3.05, 3.63) is 46.4 Å².